The van der Waals surface area contributed by atoms with Crippen molar-refractivity contribution in [1.29, 1.82) is 0 Å². The average Bonchev–Trinajstić information content (AvgIpc) is 2.95. The predicted octanol–water partition coefficient (Wildman–Crippen LogP) is 8.92. The Hall–Kier alpha value is -2.68. The van der Waals surface area contributed by atoms with Crippen molar-refractivity contribution >= 4 is 37.5 Å². The number of ether oxygens (including phenoxy) is 1. The van der Waals surface area contributed by atoms with Gasteiger partial charge in [-0.2, -0.15) is 0 Å². The van der Waals surface area contributed by atoms with Crippen molar-refractivity contribution in [3.8, 4) is 0 Å². The Morgan fingerprint density at radius 2 is 1.80 bits per heavy atom. The van der Waals surface area contributed by atoms with E-state index in [1.165, 1.54) is 0 Å². The molecule has 0 N–H and O–H groups in total. The van der Waals surface area contributed by atoms with E-state index >= 15 is 0 Å². The van der Waals surface area contributed by atoms with Gasteiger partial charge in [0.15, 0.2) is 14.9 Å². The Bertz CT molecular complexity index is 1260. The summed E-state index contributed by atoms with van der Waals surface area (Å²) in [6, 6.07) is 1.89. The summed E-state index contributed by atoms with van der Waals surface area (Å²) in [5.41, 5.74) is 3.18. The molecule has 1 unspecified atom stereocenters. The maximum atomic E-state index is 13.4. The smallest absolute Gasteiger partial charge is 0.339 e. The lowest BCUT2D eigenvalue weighted by molar-refractivity contribution is -0.137. The summed E-state index contributed by atoms with van der Waals surface area (Å²) in [5.74, 6) is -0.526. The molecule has 0 saturated carbocycles. The van der Waals surface area contributed by atoms with Crippen molar-refractivity contribution in [3.05, 3.63) is 70.3 Å². The number of likely N-dealkylation sites (tertiary alicyclic amines) is 1. The SMILES string of the molecule is C=CC[C@@H](C)OC(=O)c1c(C)cc(C)c(Cl)c1CC(/C=C/CC(/C=C/C)O[Si](C)(C)C(C)(C)C)=NOCC(=O)N1CCCCC1. The third-order valence-electron chi connectivity index (χ3n) is 8.53. The lowest BCUT2D eigenvalue weighted by atomic mass is 9.94. The molecule has 0 radical (unpaired) electrons. The molecule has 1 fully saturated rings. The van der Waals surface area contributed by atoms with Crippen LogP contribution >= 0.6 is 11.6 Å². The maximum Gasteiger partial charge on any atom is 0.339 e. The van der Waals surface area contributed by atoms with Crippen LogP contribution in [0.25, 0.3) is 0 Å². The van der Waals surface area contributed by atoms with E-state index in [-0.39, 0.29) is 36.2 Å². The fourth-order valence-electron chi connectivity index (χ4n) is 5.00. The largest absolute Gasteiger partial charge is 0.459 e. The van der Waals surface area contributed by atoms with E-state index in [9.17, 15) is 9.59 Å². The number of hydrogen-bond acceptors (Lipinski definition) is 6. The first-order valence-corrected chi connectivity index (χ1v) is 19.4. The van der Waals surface area contributed by atoms with E-state index in [1.54, 1.807) is 6.08 Å². The van der Waals surface area contributed by atoms with Crippen molar-refractivity contribution in [2.24, 2.45) is 5.16 Å². The van der Waals surface area contributed by atoms with Gasteiger partial charge in [-0.3, -0.25) is 4.79 Å². The van der Waals surface area contributed by atoms with E-state index in [2.05, 4.69) is 51.7 Å². The highest BCUT2D eigenvalue weighted by Crippen LogP contribution is 2.38. The summed E-state index contributed by atoms with van der Waals surface area (Å²) in [7, 11) is -2.01. The van der Waals surface area contributed by atoms with Crippen molar-refractivity contribution in [1.82, 2.24) is 4.90 Å². The van der Waals surface area contributed by atoms with Gasteiger partial charge in [0, 0.05) is 31.0 Å². The van der Waals surface area contributed by atoms with Crippen LogP contribution < -0.4 is 0 Å². The monoisotopic (exact) mass is 658 g/mol. The lowest BCUT2D eigenvalue weighted by Gasteiger charge is -2.38. The van der Waals surface area contributed by atoms with Gasteiger partial charge in [0.2, 0.25) is 0 Å². The fraction of sp³-hybridized carbons (Fsp3) is 0.583. The van der Waals surface area contributed by atoms with Crippen LogP contribution in [0.15, 0.2) is 48.2 Å². The summed E-state index contributed by atoms with van der Waals surface area (Å²) >= 11 is 6.85. The minimum absolute atomic E-state index is 0.0753. The van der Waals surface area contributed by atoms with Crippen molar-refractivity contribution in [2.75, 3.05) is 19.7 Å². The molecule has 1 aliphatic rings. The second-order valence-corrected chi connectivity index (χ2v) is 18.6. The predicted molar refractivity (Wildman–Crippen MR) is 189 cm³/mol. The fourth-order valence-corrected chi connectivity index (χ4v) is 6.50. The molecule has 0 spiro atoms. The Balaban J connectivity index is 2.42. The average molecular weight is 659 g/mol. The van der Waals surface area contributed by atoms with Gasteiger partial charge >= 0.3 is 5.97 Å². The molecule has 1 aliphatic heterocycles. The third kappa shape index (κ3) is 11.9. The quantitative estimate of drug-likeness (QED) is 0.0618. The third-order valence-corrected chi connectivity index (χ3v) is 13.6. The van der Waals surface area contributed by atoms with Crippen molar-refractivity contribution in [2.45, 2.75) is 117 Å². The zero-order valence-corrected chi connectivity index (χ0v) is 30.8. The van der Waals surface area contributed by atoms with Gasteiger partial charge < -0.3 is 18.9 Å². The second kappa shape index (κ2) is 17.9. The summed E-state index contributed by atoms with van der Waals surface area (Å²) in [5, 5.41) is 4.96. The Labute approximate surface area is 277 Å². The lowest BCUT2D eigenvalue weighted by Crippen LogP contribution is -2.43. The minimum atomic E-state index is -2.01. The number of allylic oxidation sites excluding steroid dienone is 2. The molecule has 250 valence electrons. The van der Waals surface area contributed by atoms with Crippen LogP contribution in [0, 0.1) is 13.8 Å². The number of nitrogens with zero attached hydrogens (tertiary/aromatic N) is 2. The maximum absolute atomic E-state index is 13.4. The molecule has 0 aliphatic carbocycles. The van der Waals surface area contributed by atoms with E-state index in [4.69, 9.17) is 25.6 Å². The summed E-state index contributed by atoms with van der Waals surface area (Å²) in [4.78, 5) is 33.7. The Morgan fingerprint density at radius 3 is 2.40 bits per heavy atom. The number of oxime groups is 1. The number of amides is 1. The van der Waals surface area contributed by atoms with Gasteiger partial charge in [-0.1, -0.05) is 67.9 Å². The molecule has 1 aromatic rings. The normalized spacial score (nSPS) is 16.2. The van der Waals surface area contributed by atoms with Crippen LogP contribution in [0.2, 0.25) is 23.2 Å². The second-order valence-electron chi connectivity index (χ2n) is 13.5. The first-order valence-electron chi connectivity index (χ1n) is 16.2. The summed E-state index contributed by atoms with van der Waals surface area (Å²) in [6.45, 7) is 23.9. The zero-order chi connectivity index (χ0) is 33.8. The topological polar surface area (TPSA) is 77.4 Å². The molecule has 45 heavy (non-hydrogen) atoms. The highest BCUT2D eigenvalue weighted by molar-refractivity contribution is 6.74. The van der Waals surface area contributed by atoms with Crippen molar-refractivity contribution in [3.63, 3.8) is 0 Å². The van der Waals surface area contributed by atoms with Gasteiger partial charge in [-0.05, 0) is 94.3 Å². The number of aryl methyl sites for hydroxylation is 2. The molecule has 1 saturated heterocycles. The molecular formula is C36H55ClN2O5Si. The van der Waals surface area contributed by atoms with Gasteiger partial charge in [-0.15, -0.1) is 6.58 Å². The van der Waals surface area contributed by atoms with Crippen molar-refractivity contribution < 1.29 is 23.6 Å². The molecule has 7 nitrogen and oxygen atoms in total. The number of benzene rings is 1. The molecule has 2 rings (SSSR count). The summed E-state index contributed by atoms with van der Waals surface area (Å²) < 4.78 is 12.4. The number of esters is 1. The first kappa shape index (κ1) is 38.5. The number of halogens is 1. The highest BCUT2D eigenvalue weighted by atomic mass is 35.5. The number of hydrogen-bond donors (Lipinski definition) is 0. The van der Waals surface area contributed by atoms with Gasteiger partial charge in [0.25, 0.3) is 5.91 Å². The number of rotatable bonds is 15. The van der Waals surface area contributed by atoms with Crippen LogP contribution in [-0.4, -0.2) is 62.7 Å². The van der Waals surface area contributed by atoms with E-state index in [0.717, 1.165) is 43.5 Å². The minimum Gasteiger partial charge on any atom is -0.459 e. The van der Waals surface area contributed by atoms with Crippen LogP contribution in [0.4, 0.5) is 0 Å². The zero-order valence-electron chi connectivity index (χ0n) is 29.0. The Kier molecular flexibility index (Phi) is 15.3. The molecular weight excluding hydrogens is 604 g/mol. The van der Waals surface area contributed by atoms with Gasteiger partial charge in [-0.25, -0.2) is 4.79 Å². The molecule has 0 bridgehead atoms. The number of carbonyl (C=O) groups excluding carboxylic acids is 2. The first-order chi connectivity index (χ1) is 21.1. The van der Waals surface area contributed by atoms with Crippen LogP contribution in [0.1, 0.15) is 93.8 Å². The molecule has 2 atom stereocenters. The molecule has 9 heteroatoms. The van der Waals surface area contributed by atoms with Crippen LogP contribution in [0.5, 0.6) is 0 Å². The number of piperidine rings is 1. The Morgan fingerprint density at radius 1 is 1.13 bits per heavy atom. The number of carbonyl (C=O) groups is 2. The van der Waals surface area contributed by atoms with E-state index in [1.807, 2.05) is 56.9 Å². The van der Waals surface area contributed by atoms with Gasteiger partial charge in [0.1, 0.15) is 6.10 Å². The molecule has 1 aromatic carbocycles. The molecule has 1 amide bonds. The van der Waals surface area contributed by atoms with E-state index < -0.39 is 14.3 Å². The van der Waals surface area contributed by atoms with Gasteiger partial charge in [0.05, 0.1) is 17.4 Å². The van der Waals surface area contributed by atoms with Crippen LogP contribution in [-0.2, 0) is 25.2 Å². The highest BCUT2D eigenvalue weighted by Gasteiger charge is 2.38. The standard InChI is InChI=1S/C36H55ClN2O5Si/c1-11-17-28(5)43-35(41)33-26(3)23-27(4)34(37)31(33)24-29(38-42-25-32(40)39-21-14-13-15-22-39)19-16-20-30(18-12-2)44-45(9,10)36(6,7)8/h11-12,16,18-19,23,28,30H,1,13-15,17,20-22,24-25H2,2-10H3/b18-12+,19-16+,38-29?/t28-,30?/m1/s1. The summed E-state index contributed by atoms with van der Waals surface area (Å²) in [6.07, 6.45) is 13.8. The van der Waals surface area contributed by atoms with Crippen LogP contribution in [0.3, 0.4) is 0 Å². The molecule has 1 heterocycles. The van der Waals surface area contributed by atoms with E-state index in [0.29, 0.717) is 34.7 Å². The molecule has 0 aromatic heterocycles.